The molecule has 1 atom stereocenters. The van der Waals surface area contributed by atoms with Gasteiger partial charge >= 0.3 is 0 Å². The minimum absolute atomic E-state index is 0.0993. The molecule has 0 saturated carbocycles. The Morgan fingerprint density at radius 3 is 2.33 bits per heavy atom. The molecule has 1 rings (SSSR count). The highest BCUT2D eigenvalue weighted by Gasteiger charge is 2.14. The van der Waals surface area contributed by atoms with E-state index in [1.54, 1.807) is 6.92 Å². The minimum Gasteiger partial charge on any atom is -0.379 e. The van der Waals surface area contributed by atoms with Crippen LogP contribution in [-0.2, 0) is 4.74 Å². The average molecular weight is 257 g/mol. The first kappa shape index (κ1) is 15.1. The van der Waals surface area contributed by atoms with Gasteiger partial charge in [0.25, 0.3) is 0 Å². The summed E-state index contributed by atoms with van der Waals surface area (Å²) >= 11 is 0. The molecule has 0 spiro atoms. The number of ether oxygens (including phenoxy) is 1. The second-order valence-corrected chi connectivity index (χ2v) is 4.58. The highest BCUT2D eigenvalue weighted by molar-refractivity contribution is 5.22. The van der Waals surface area contributed by atoms with Gasteiger partial charge < -0.3 is 10.1 Å². The maximum atomic E-state index is 13.5. The Bertz CT molecular complexity index is 349. The van der Waals surface area contributed by atoms with Crippen LogP contribution in [0.3, 0.4) is 0 Å². The van der Waals surface area contributed by atoms with Gasteiger partial charge in [0, 0.05) is 18.2 Å². The van der Waals surface area contributed by atoms with Crippen LogP contribution in [0, 0.1) is 11.6 Å². The van der Waals surface area contributed by atoms with Gasteiger partial charge in [-0.2, -0.15) is 0 Å². The van der Waals surface area contributed by atoms with Gasteiger partial charge in [-0.15, -0.1) is 0 Å². The van der Waals surface area contributed by atoms with Crippen molar-refractivity contribution in [2.75, 3.05) is 13.2 Å². The van der Waals surface area contributed by atoms with E-state index < -0.39 is 11.6 Å². The van der Waals surface area contributed by atoms with E-state index in [0.717, 1.165) is 6.42 Å². The highest BCUT2D eigenvalue weighted by atomic mass is 19.1. The zero-order valence-corrected chi connectivity index (χ0v) is 11.2. The zero-order valence-electron chi connectivity index (χ0n) is 11.2. The van der Waals surface area contributed by atoms with E-state index in [9.17, 15) is 8.78 Å². The van der Waals surface area contributed by atoms with E-state index in [2.05, 4.69) is 5.32 Å². The van der Waals surface area contributed by atoms with E-state index in [1.807, 2.05) is 13.8 Å². The Hall–Kier alpha value is -1.00. The van der Waals surface area contributed by atoms with Crippen LogP contribution < -0.4 is 5.32 Å². The van der Waals surface area contributed by atoms with Crippen LogP contribution in [-0.4, -0.2) is 19.3 Å². The summed E-state index contributed by atoms with van der Waals surface area (Å²) in [4.78, 5) is 0. The fourth-order valence-corrected chi connectivity index (χ4v) is 1.74. The molecule has 1 aromatic carbocycles. The van der Waals surface area contributed by atoms with Crippen LogP contribution in [0.4, 0.5) is 8.78 Å². The normalized spacial score (nSPS) is 13.0. The molecule has 1 N–H and O–H groups in total. The van der Waals surface area contributed by atoms with Crippen LogP contribution in [0.15, 0.2) is 18.2 Å². The molecule has 0 aliphatic carbocycles. The van der Waals surface area contributed by atoms with Gasteiger partial charge in [0.05, 0.1) is 6.10 Å². The van der Waals surface area contributed by atoms with E-state index in [4.69, 9.17) is 4.74 Å². The summed E-state index contributed by atoms with van der Waals surface area (Å²) in [6, 6.07) is 3.58. The topological polar surface area (TPSA) is 21.3 Å². The van der Waals surface area contributed by atoms with Gasteiger partial charge in [-0.1, -0.05) is 6.07 Å². The molecule has 2 nitrogen and oxygen atoms in total. The fraction of sp³-hybridized carbons (Fsp3) is 0.571. The average Bonchev–Trinajstić information content (AvgIpc) is 2.27. The molecule has 0 aromatic heterocycles. The summed E-state index contributed by atoms with van der Waals surface area (Å²) in [5, 5.41) is 3.09. The molecule has 4 heteroatoms. The third kappa shape index (κ3) is 4.70. The van der Waals surface area contributed by atoms with Crippen molar-refractivity contribution in [3.8, 4) is 0 Å². The SMILES string of the molecule is CC(C)OCCCNC(C)c1c(F)cccc1F. The molecule has 0 amide bonds. The molecule has 0 bridgehead atoms. The van der Waals surface area contributed by atoms with Crippen LogP contribution in [0.5, 0.6) is 0 Å². The lowest BCUT2D eigenvalue weighted by molar-refractivity contribution is 0.0767. The molecule has 0 fully saturated rings. The first-order valence-electron chi connectivity index (χ1n) is 6.31. The third-order valence-corrected chi connectivity index (χ3v) is 2.66. The van der Waals surface area contributed by atoms with Gasteiger partial charge in [0.2, 0.25) is 0 Å². The summed E-state index contributed by atoms with van der Waals surface area (Å²) in [6.07, 6.45) is 1.03. The molecular weight excluding hydrogens is 236 g/mol. The molecule has 0 radical (unpaired) electrons. The van der Waals surface area contributed by atoms with Crippen molar-refractivity contribution in [3.63, 3.8) is 0 Å². The number of halogens is 2. The molecule has 0 saturated heterocycles. The van der Waals surface area contributed by atoms with Crippen LogP contribution in [0.2, 0.25) is 0 Å². The van der Waals surface area contributed by atoms with Crippen molar-refractivity contribution < 1.29 is 13.5 Å². The van der Waals surface area contributed by atoms with E-state index in [0.29, 0.717) is 13.2 Å². The standard InChI is InChI=1S/C14H21F2NO/c1-10(2)18-9-5-8-17-11(3)14-12(15)6-4-7-13(14)16/h4,6-7,10-11,17H,5,8-9H2,1-3H3. The van der Waals surface area contributed by atoms with Crippen LogP contribution >= 0.6 is 0 Å². The second kappa shape index (κ2) is 7.44. The Kier molecular flexibility index (Phi) is 6.22. The molecule has 102 valence electrons. The van der Waals surface area contributed by atoms with Gasteiger partial charge in [-0.25, -0.2) is 8.78 Å². The number of rotatable bonds is 7. The summed E-state index contributed by atoms with van der Waals surface area (Å²) in [6.45, 7) is 7.03. The lowest BCUT2D eigenvalue weighted by atomic mass is 10.1. The summed E-state index contributed by atoms with van der Waals surface area (Å²) in [5.41, 5.74) is 0.0993. The van der Waals surface area contributed by atoms with Crippen LogP contribution in [0.25, 0.3) is 0 Å². The van der Waals surface area contributed by atoms with E-state index in [-0.39, 0.29) is 17.7 Å². The first-order valence-corrected chi connectivity index (χ1v) is 6.31. The quantitative estimate of drug-likeness (QED) is 0.756. The molecule has 1 unspecified atom stereocenters. The van der Waals surface area contributed by atoms with Crippen molar-refractivity contribution in [1.82, 2.24) is 5.32 Å². The van der Waals surface area contributed by atoms with Crippen molar-refractivity contribution in [2.24, 2.45) is 0 Å². The zero-order chi connectivity index (χ0) is 13.5. The predicted molar refractivity (Wildman–Crippen MR) is 68.5 cm³/mol. The monoisotopic (exact) mass is 257 g/mol. The highest BCUT2D eigenvalue weighted by Crippen LogP contribution is 2.19. The summed E-state index contributed by atoms with van der Waals surface area (Å²) < 4.78 is 32.3. The summed E-state index contributed by atoms with van der Waals surface area (Å²) in [7, 11) is 0. The summed E-state index contributed by atoms with van der Waals surface area (Å²) in [5.74, 6) is -1.01. The Morgan fingerprint density at radius 2 is 1.78 bits per heavy atom. The minimum atomic E-state index is -0.506. The van der Waals surface area contributed by atoms with Gasteiger partial charge in [0.15, 0.2) is 0 Å². The van der Waals surface area contributed by atoms with Gasteiger partial charge in [0.1, 0.15) is 11.6 Å². The van der Waals surface area contributed by atoms with E-state index in [1.165, 1.54) is 18.2 Å². The number of benzene rings is 1. The van der Waals surface area contributed by atoms with Gasteiger partial charge in [-0.05, 0) is 45.9 Å². The van der Waals surface area contributed by atoms with Crippen molar-refractivity contribution in [3.05, 3.63) is 35.4 Å². The molecule has 0 aliphatic heterocycles. The smallest absolute Gasteiger partial charge is 0.130 e. The number of hydrogen-bond acceptors (Lipinski definition) is 2. The van der Waals surface area contributed by atoms with Crippen molar-refractivity contribution >= 4 is 0 Å². The maximum absolute atomic E-state index is 13.5. The van der Waals surface area contributed by atoms with Gasteiger partial charge in [-0.3, -0.25) is 0 Å². The Balaban J connectivity index is 2.39. The molecule has 0 heterocycles. The first-order chi connectivity index (χ1) is 8.52. The second-order valence-electron chi connectivity index (χ2n) is 4.58. The lowest BCUT2D eigenvalue weighted by Gasteiger charge is -2.16. The van der Waals surface area contributed by atoms with Crippen molar-refractivity contribution in [1.29, 1.82) is 0 Å². The lowest BCUT2D eigenvalue weighted by Crippen LogP contribution is -2.23. The fourth-order valence-electron chi connectivity index (χ4n) is 1.74. The molecule has 18 heavy (non-hydrogen) atoms. The Morgan fingerprint density at radius 1 is 1.17 bits per heavy atom. The number of hydrogen-bond donors (Lipinski definition) is 1. The van der Waals surface area contributed by atoms with E-state index >= 15 is 0 Å². The van der Waals surface area contributed by atoms with Crippen molar-refractivity contribution in [2.45, 2.75) is 39.3 Å². The molecule has 0 aliphatic rings. The molecular formula is C14H21F2NO. The van der Waals surface area contributed by atoms with Crippen LogP contribution in [0.1, 0.15) is 38.8 Å². The largest absolute Gasteiger partial charge is 0.379 e. The third-order valence-electron chi connectivity index (χ3n) is 2.66. The maximum Gasteiger partial charge on any atom is 0.130 e. The number of nitrogens with one attached hydrogen (secondary N) is 1. The Labute approximate surface area is 107 Å². The predicted octanol–water partition coefficient (Wildman–Crippen LogP) is 3.43. The molecule has 1 aromatic rings.